The second-order valence-electron chi connectivity index (χ2n) is 9.44. The summed E-state index contributed by atoms with van der Waals surface area (Å²) in [5, 5.41) is 23.6. The van der Waals surface area contributed by atoms with Gasteiger partial charge in [-0.25, -0.2) is 4.39 Å². The zero-order valence-corrected chi connectivity index (χ0v) is 19.3. The van der Waals surface area contributed by atoms with E-state index in [-0.39, 0.29) is 17.3 Å². The summed E-state index contributed by atoms with van der Waals surface area (Å²) in [6, 6.07) is 9.73. The number of ketones is 1. The number of carbonyl (C=O) groups excluding carboxylic acids is 1. The normalized spacial score (nSPS) is 19.0. The molecular formula is C27H32FNO4. The maximum absolute atomic E-state index is 13.0. The van der Waals surface area contributed by atoms with Crippen LogP contribution in [0.15, 0.2) is 42.0 Å². The first-order valence-electron chi connectivity index (χ1n) is 11.7. The zero-order valence-electron chi connectivity index (χ0n) is 19.3. The van der Waals surface area contributed by atoms with Crippen molar-refractivity contribution in [2.24, 2.45) is 0 Å². The third-order valence-electron chi connectivity index (χ3n) is 6.66. The SMILES string of the molecule is CC1(C)Oc2cc(CCCCCc3ccc(F)cc3)cc(O)c2C2=C1CCNC2C(=O)CO. The van der Waals surface area contributed by atoms with Crippen LogP contribution in [0.25, 0.3) is 5.57 Å². The van der Waals surface area contributed by atoms with E-state index >= 15 is 0 Å². The molecule has 4 rings (SSSR count). The predicted molar refractivity (Wildman–Crippen MR) is 126 cm³/mol. The first-order valence-corrected chi connectivity index (χ1v) is 11.7. The molecule has 0 radical (unpaired) electrons. The Kier molecular flexibility index (Phi) is 6.86. The van der Waals surface area contributed by atoms with E-state index in [1.165, 1.54) is 12.1 Å². The van der Waals surface area contributed by atoms with Gasteiger partial charge in [0.2, 0.25) is 0 Å². The number of benzene rings is 2. The van der Waals surface area contributed by atoms with Gasteiger partial charge in [-0.05, 0) is 92.5 Å². The lowest BCUT2D eigenvalue weighted by Crippen LogP contribution is -2.48. The molecule has 0 saturated heterocycles. The zero-order chi connectivity index (χ0) is 23.6. The van der Waals surface area contributed by atoms with E-state index in [0.29, 0.717) is 24.3 Å². The molecule has 6 heteroatoms. The number of rotatable bonds is 8. The Balaban J connectivity index is 1.48. The maximum atomic E-state index is 13.0. The number of halogens is 1. The van der Waals surface area contributed by atoms with Gasteiger partial charge in [0, 0.05) is 6.54 Å². The number of unbranched alkanes of at least 4 members (excludes halogenated alkanes) is 2. The topological polar surface area (TPSA) is 78.8 Å². The summed E-state index contributed by atoms with van der Waals surface area (Å²) in [5.74, 6) is 0.168. The van der Waals surface area contributed by atoms with Gasteiger partial charge >= 0.3 is 0 Å². The maximum Gasteiger partial charge on any atom is 0.179 e. The highest BCUT2D eigenvalue weighted by molar-refractivity contribution is 6.01. The molecule has 2 aromatic carbocycles. The van der Waals surface area contributed by atoms with Gasteiger partial charge in [-0.15, -0.1) is 0 Å². The van der Waals surface area contributed by atoms with Gasteiger partial charge in [0.15, 0.2) is 5.78 Å². The van der Waals surface area contributed by atoms with Crippen LogP contribution < -0.4 is 10.1 Å². The molecule has 0 fully saturated rings. The van der Waals surface area contributed by atoms with Crippen molar-refractivity contribution >= 4 is 11.4 Å². The van der Waals surface area contributed by atoms with Gasteiger partial charge in [0.25, 0.3) is 0 Å². The fourth-order valence-electron chi connectivity index (χ4n) is 5.01. The molecule has 2 aliphatic heterocycles. The fourth-order valence-corrected chi connectivity index (χ4v) is 5.01. The van der Waals surface area contributed by atoms with E-state index in [9.17, 15) is 19.4 Å². The third kappa shape index (κ3) is 4.97. The van der Waals surface area contributed by atoms with Gasteiger partial charge in [-0.3, -0.25) is 4.79 Å². The van der Waals surface area contributed by atoms with E-state index in [4.69, 9.17) is 4.74 Å². The van der Waals surface area contributed by atoms with Crippen molar-refractivity contribution in [2.45, 2.75) is 64.0 Å². The number of phenolic OH excluding ortho intramolecular Hbond substituents is 1. The minimum atomic E-state index is -0.649. The first kappa shape index (κ1) is 23.5. The third-order valence-corrected chi connectivity index (χ3v) is 6.66. The lowest BCUT2D eigenvalue weighted by Gasteiger charge is -2.42. The Bertz CT molecular complexity index is 1060. The number of Topliss-reactive ketones (excluding diaryl/α,β-unsaturated/α-hetero) is 1. The van der Waals surface area contributed by atoms with Crippen LogP contribution in [0.1, 0.15) is 56.2 Å². The summed E-state index contributed by atoms with van der Waals surface area (Å²) in [6.45, 7) is 4.03. The largest absolute Gasteiger partial charge is 0.507 e. The van der Waals surface area contributed by atoms with Crippen LogP contribution in [0.3, 0.4) is 0 Å². The Hall–Kier alpha value is -2.70. The quantitative estimate of drug-likeness (QED) is 0.519. The number of phenols is 1. The molecule has 3 N–H and O–H groups in total. The van der Waals surface area contributed by atoms with Crippen LogP contribution in [0.4, 0.5) is 4.39 Å². The highest BCUT2D eigenvalue weighted by Crippen LogP contribution is 2.49. The van der Waals surface area contributed by atoms with Crippen molar-refractivity contribution in [3.8, 4) is 11.5 Å². The standard InChI is InChI=1S/C27H32FNO4/c1-27(2)20-12-13-29-26(22(32)16-30)24(20)25-21(31)14-18(15-23(25)33-27)7-5-3-4-6-17-8-10-19(28)11-9-17/h8-11,14-15,26,29-31H,3-7,12-13,16H2,1-2H3. The summed E-state index contributed by atoms with van der Waals surface area (Å²) in [6.07, 6.45) is 5.43. The van der Waals surface area contributed by atoms with Crippen LogP contribution in [0.2, 0.25) is 0 Å². The fraction of sp³-hybridized carbons (Fsp3) is 0.444. The number of carbonyl (C=O) groups is 1. The molecule has 0 bridgehead atoms. The molecule has 0 aliphatic carbocycles. The second kappa shape index (κ2) is 9.65. The Morgan fingerprint density at radius 2 is 1.82 bits per heavy atom. The van der Waals surface area contributed by atoms with Gasteiger partial charge in [0.05, 0.1) is 11.6 Å². The Morgan fingerprint density at radius 3 is 2.52 bits per heavy atom. The second-order valence-corrected chi connectivity index (χ2v) is 9.44. The molecule has 2 aliphatic rings. The molecule has 0 saturated carbocycles. The highest BCUT2D eigenvalue weighted by atomic mass is 19.1. The van der Waals surface area contributed by atoms with Crippen molar-refractivity contribution < 1.29 is 24.1 Å². The number of aromatic hydroxyl groups is 1. The van der Waals surface area contributed by atoms with Crippen molar-refractivity contribution in [3.63, 3.8) is 0 Å². The Morgan fingerprint density at radius 1 is 1.12 bits per heavy atom. The van der Waals surface area contributed by atoms with Crippen molar-refractivity contribution in [2.75, 3.05) is 13.2 Å². The molecule has 0 amide bonds. The molecule has 33 heavy (non-hydrogen) atoms. The van der Waals surface area contributed by atoms with Crippen LogP contribution in [-0.2, 0) is 17.6 Å². The van der Waals surface area contributed by atoms with Crippen LogP contribution >= 0.6 is 0 Å². The highest BCUT2D eigenvalue weighted by Gasteiger charge is 2.42. The summed E-state index contributed by atoms with van der Waals surface area (Å²) in [4.78, 5) is 12.5. The Labute approximate surface area is 194 Å². The molecule has 2 heterocycles. The van der Waals surface area contributed by atoms with Gasteiger partial charge in [-0.1, -0.05) is 18.6 Å². The van der Waals surface area contributed by atoms with E-state index in [1.54, 1.807) is 6.07 Å². The lowest BCUT2D eigenvalue weighted by molar-refractivity contribution is -0.122. The molecule has 1 unspecified atom stereocenters. The van der Waals surface area contributed by atoms with E-state index in [0.717, 1.165) is 54.4 Å². The molecule has 2 aromatic rings. The van der Waals surface area contributed by atoms with E-state index < -0.39 is 18.2 Å². The van der Waals surface area contributed by atoms with Crippen LogP contribution in [0, 0.1) is 5.82 Å². The average Bonchev–Trinajstić information content (AvgIpc) is 2.78. The van der Waals surface area contributed by atoms with E-state index in [2.05, 4.69) is 5.32 Å². The smallest absolute Gasteiger partial charge is 0.179 e. The van der Waals surface area contributed by atoms with Crippen molar-refractivity contribution in [3.05, 3.63) is 64.5 Å². The predicted octanol–water partition coefficient (Wildman–Crippen LogP) is 4.33. The van der Waals surface area contributed by atoms with E-state index in [1.807, 2.05) is 32.0 Å². The van der Waals surface area contributed by atoms with Gasteiger partial charge < -0.3 is 20.3 Å². The molecule has 1 atom stereocenters. The number of aliphatic hydroxyl groups excluding tert-OH is 1. The minimum absolute atomic E-state index is 0.108. The van der Waals surface area contributed by atoms with Gasteiger partial charge in [-0.2, -0.15) is 0 Å². The number of fused-ring (bicyclic) bond motifs is 2. The first-order chi connectivity index (χ1) is 15.8. The van der Waals surface area contributed by atoms with Gasteiger partial charge in [0.1, 0.15) is 29.5 Å². The molecule has 0 spiro atoms. The molecular weight excluding hydrogens is 421 g/mol. The van der Waals surface area contributed by atoms with Crippen molar-refractivity contribution in [1.29, 1.82) is 0 Å². The number of nitrogens with one attached hydrogen (secondary N) is 1. The number of hydrogen-bond acceptors (Lipinski definition) is 5. The minimum Gasteiger partial charge on any atom is -0.507 e. The number of aryl methyl sites for hydroxylation is 2. The average molecular weight is 454 g/mol. The number of aliphatic hydroxyl groups is 1. The van der Waals surface area contributed by atoms with Crippen LogP contribution in [-0.4, -0.2) is 40.8 Å². The molecule has 5 nitrogen and oxygen atoms in total. The molecule has 0 aromatic heterocycles. The number of ether oxygens (including phenoxy) is 1. The number of hydrogen-bond donors (Lipinski definition) is 3. The summed E-state index contributed by atoms with van der Waals surface area (Å²) >= 11 is 0. The monoisotopic (exact) mass is 453 g/mol. The summed E-state index contributed by atoms with van der Waals surface area (Å²) in [5.41, 5.74) is 3.82. The van der Waals surface area contributed by atoms with Crippen molar-refractivity contribution in [1.82, 2.24) is 5.32 Å². The van der Waals surface area contributed by atoms with Crippen LogP contribution in [0.5, 0.6) is 11.5 Å². The lowest BCUT2D eigenvalue weighted by atomic mass is 9.77. The summed E-state index contributed by atoms with van der Waals surface area (Å²) < 4.78 is 19.3. The summed E-state index contributed by atoms with van der Waals surface area (Å²) in [7, 11) is 0. The molecule has 176 valence electrons.